The van der Waals surface area contributed by atoms with Gasteiger partial charge in [0.05, 0.1) is 11.0 Å². The summed E-state index contributed by atoms with van der Waals surface area (Å²) in [5.74, 6) is 0.0798. The highest BCUT2D eigenvalue weighted by molar-refractivity contribution is 7.99. The van der Waals surface area contributed by atoms with E-state index in [1.54, 1.807) is 36.0 Å². The first kappa shape index (κ1) is 21.7. The van der Waals surface area contributed by atoms with Crippen molar-refractivity contribution in [3.05, 3.63) is 60.4 Å². The maximum Gasteiger partial charge on any atom is 0.449 e. The average Bonchev–Trinajstić information content (AvgIpc) is 3.14. The van der Waals surface area contributed by atoms with E-state index in [2.05, 4.69) is 4.98 Å². The first-order valence-corrected chi connectivity index (χ1v) is 11.4. The lowest BCUT2D eigenvalue weighted by Gasteiger charge is -2.32. The fraction of sp³-hybridized carbons (Fsp3) is 0.391. The highest BCUT2D eigenvalue weighted by atomic mass is 32.2. The van der Waals surface area contributed by atoms with Gasteiger partial charge in [0.15, 0.2) is 0 Å². The summed E-state index contributed by atoms with van der Waals surface area (Å²) in [5.41, 5.74) is 0.865. The summed E-state index contributed by atoms with van der Waals surface area (Å²) in [7, 11) is 0. The number of imidazole rings is 1. The van der Waals surface area contributed by atoms with Gasteiger partial charge in [-0.25, -0.2) is 4.98 Å². The molecule has 1 aromatic heterocycles. The monoisotopic (exact) mass is 447 g/mol. The molecule has 0 spiro atoms. The molecule has 2 aromatic carbocycles. The van der Waals surface area contributed by atoms with Crippen LogP contribution in [0.1, 0.15) is 25.1 Å². The van der Waals surface area contributed by atoms with Gasteiger partial charge in [-0.05, 0) is 43.0 Å². The average molecular weight is 448 g/mol. The molecule has 0 unspecified atom stereocenters. The highest BCUT2D eigenvalue weighted by Gasteiger charge is 2.38. The number of halogens is 3. The zero-order valence-corrected chi connectivity index (χ0v) is 17.8. The van der Waals surface area contributed by atoms with E-state index in [1.165, 1.54) is 4.57 Å². The van der Waals surface area contributed by atoms with E-state index in [9.17, 15) is 18.0 Å². The first-order valence-electron chi connectivity index (χ1n) is 10.4. The van der Waals surface area contributed by atoms with E-state index >= 15 is 0 Å². The van der Waals surface area contributed by atoms with Gasteiger partial charge in [0.2, 0.25) is 11.7 Å². The van der Waals surface area contributed by atoms with Gasteiger partial charge in [0.1, 0.15) is 0 Å². The Labute approximate surface area is 183 Å². The Kier molecular flexibility index (Phi) is 6.55. The summed E-state index contributed by atoms with van der Waals surface area (Å²) in [6, 6.07) is 16.7. The zero-order valence-electron chi connectivity index (χ0n) is 17.0. The number of aromatic nitrogens is 2. The van der Waals surface area contributed by atoms with Crippen molar-refractivity contribution >= 4 is 28.7 Å². The lowest BCUT2D eigenvalue weighted by atomic mass is 9.96. The van der Waals surface area contributed by atoms with Crippen molar-refractivity contribution in [1.82, 2.24) is 14.5 Å². The van der Waals surface area contributed by atoms with Crippen molar-refractivity contribution in [2.45, 2.75) is 36.9 Å². The number of piperidine rings is 1. The summed E-state index contributed by atoms with van der Waals surface area (Å²) in [5, 5.41) is 0. The Balaban J connectivity index is 1.33. The minimum Gasteiger partial charge on any atom is -0.343 e. The second-order valence-corrected chi connectivity index (χ2v) is 8.94. The Morgan fingerprint density at radius 1 is 1.03 bits per heavy atom. The largest absolute Gasteiger partial charge is 0.449 e. The van der Waals surface area contributed by atoms with Crippen LogP contribution in [0.25, 0.3) is 11.0 Å². The van der Waals surface area contributed by atoms with Crippen molar-refractivity contribution in [3.8, 4) is 0 Å². The molecule has 8 heteroatoms. The normalized spacial score (nSPS) is 15.5. The van der Waals surface area contributed by atoms with Crippen LogP contribution < -0.4 is 0 Å². The van der Waals surface area contributed by atoms with Gasteiger partial charge < -0.3 is 9.47 Å². The van der Waals surface area contributed by atoms with Crippen LogP contribution in [0.5, 0.6) is 0 Å². The van der Waals surface area contributed by atoms with Gasteiger partial charge >= 0.3 is 6.18 Å². The number of nitrogens with zero attached hydrogens (tertiary/aromatic N) is 3. The van der Waals surface area contributed by atoms with Crippen LogP contribution in [-0.2, 0) is 17.5 Å². The molecule has 0 saturated carbocycles. The van der Waals surface area contributed by atoms with E-state index in [0.29, 0.717) is 43.4 Å². The quantitative estimate of drug-likeness (QED) is 0.470. The lowest BCUT2D eigenvalue weighted by Crippen LogP contribution is -2.39. The van der Waals surface area contributed by atoms with Gasteiger partial charge in [-0.3, -0.25) is 4.79 Å². The Morgan fingerprint density at radius 3 is 2.42 bits per heavy atom. The molecule has 4 nitrogen and oxygen atoms in total. The van der Waals surface area contributed by atoms with Crippen LogP contribution in [0.4, 0.5) is 13.2 Å². The third kappa shape index (κ3) is 5.23. The summed E-state index contributed by atoms with van der Waals surface area (Å²) >= 11 is 1.66. The summed E-state index contributed by atoms with van der Waals surface area (Å²) in [6.07, 6.45) is -2.64. The molecule has 0 N–H and O–H groups in total. The molecule has 4 rings (SSSR count). The van der Waals surface area contributed by atoms with Gasteiger partial charge in [0, 0.05) is 36.7 Å². The minimum absolute atomic E-state index is 0.0847. The number of hydrogen-bond donors (Lipinski definition) is 0. The number of benzene rings is 2. The maximum atomic E-state index is 13.5. The summed E-state index contributed by atoms with van der Waals surface area (Å²) in [6.45, 7) is 1.45. The van der Waals surface area contributed by atoms with E-state index < -0.39 is 12.0 Å². The molecular weight excluding hydrogens is 423 g/mol. The van der Waals surface area contributed by atoms with Gasteiger partial charge in [-0.1, -0.05) is 30.3 Å². The number of alkyl halides is 3. The first-order chi connectivity index (χ1) is 14.9. The third-order valence-electron chi connectivity index (χ3n) is 5.64. The molecule has 1 amide bonds. The van der Waals surface area contributed by atoms with E-state index in [4.69, 9.17) is 0 Å². The second-order valence-electron chi connectivity index (χ2n) is 7.77. The van der Waals surface area contributed by atoms with Crippen LogP contribution in [0, 0.1) is 5.92 Å². The van der Waals surface area contributed by atoms with Gasteiger partial charge in [0.25, 0.3) is 0 Å². The standard InChI is InChI=1S/C23H24F3N3OS/c24-23(25,26)22-27-19-8-4-5-9-20(19)29(22)16-17-10-13-28(14-11-17)21(30)12-15-31-18-6-2-1-3-7-18/h1-9,17H,10-16H2. The number of rotatable bonds is 6. The van der Waals surface area contributed by atoms with Gasteiger partial charge in [-0.15, -0.1) is 11.8 Å². The highest BCUT2D eigenvalue weighted by Crippen LogP contribution is 2.33. The third-order valence-corrected chi connectivity index (χ3v) is 6.66. The predicted molar refractivity (Wildman–Crippen MR) is 116 cm³/mol. The van der Waals surface area contributed by atoms with E-state index in [0.717, 1.165) is 10.6 Å². The molecule has 164 valence electrons. The van der Waals surface area contributed by atoms with Gasteiger partial charge in [-0.2, -0.15) is 13.2 Å². The molecule has 2 heterocycles. The predicted octanol–water partition coefficient (Wildman–Crippen LogP) is 5.48. The Morgan fingerprint density at radius 2 is 1.71 bits per heavy atom. The van der Waals surface area contributed by atoms with Crippen molar-refractivity contribution in [3.63, 3.8) is 0 Å². The molecule has 31 heavy (non-hydrogen) atoms. The smallest absolute Gasteiger partial charge is 0.343 e. The molecule has 0 bridgehead atoms. The molecule has 0 radical (unpaired) electrons. The van der Waals surface area contributed by atoms with Crippen molar-refractivity contribution in [2.75, 3.05) is 18.8 Å². The Hall–Kier alpha value is -2.48. The Bertz CT molecular complexity index is 1030. The van der Waals surface area contributed by atoms with Crippen LogP contribution in [-0.4, -0.2) is 39.2 Å². The minimum atomic E-state index is -4.49. The molecule has 1 aliphatic heterocycles. The van der Waals surface area contributed by atoms with Crippen molar-refractivity contribution in [2.24, 2.45) is 5.92 Å². The van der Waals surface area contributed by atoms with Crippen LogP contribution >= 0.6 is 11.8 Å². The molecule has 1 saturated heterocycles. The summed E-state index contributed by atoms with van der Waals surface area (Å²) < 4.78 is 41.8. The van der Waals surface area contributed by atoms with E-state index in [1.807, 2.05) is 35.2 Å². The number of fused-ring (bicyclic) bond motifs is 1. The molecular formula is C23H24F3N3OS. The number of thioether (sulfide) groups is 1. The van der Waals surface area contributed by atoms with Crippen LogP contribution in [0.15, 0.2) is 59.5 Å². The molecule has 1 aliphatic rings. The number of carbonyl (C=O) groups is 1. The fourth-order valence-electron chi connectivity index (χ4n) is 4.03. The lowest BCUT2D eigenvalue weighted by molar-refractivity contribution is -0.147. The van der Waals surface area contributed by atoms with E-state index in [-0.39, 0.29) is 18.4 Å². The van der Waals surface area contributed by atoms with Crippen LogP contribution in [0.2, 0.25) is 0 Å². The number of hydrogen-bond acceptors (Lipinski definition) is 3. The number of amides is 1. The van der Waals surface area contributed by atoms with Crippen LogP contribution in [0.3, 0.4) is 0 Å². The molecule has 1 fully saturated rings. The molecule has 3 aromatic rings. The maximum absolute atomic E-state index is 13.5. The topological polar surface area (TPSA) is 38.1 Å². The fourth-order valence-corrected chi connectivity index (χ4v) is 4.89. The second kappa shape index (κ2) is 9.34. The number of carbonyl (C=O) groups excluding carboxylic acids is 1. The zero-order chi connectivity index (χ0) is 21.8. The van der Waals surface area contributed by atoms with Crippen molar-refractivity contribution < 1.29 is 18.0 Å². The van der Waals surface area contributed by atoms with Crippen molar-refractivity contribution in [1.29, 1.82) is 0 Å². The number of para-hydroxylation sites is 2. The SMILES string of the molecule is O=C(CCSc1ccccc1)N1CCC(Cn2c(C(F)(F)F)nc3ccccc32)CC1. The summed E-state index contributed by atoms with van der Waals surface area (Å²) in [4.78, 5) is 19.3. The molecule has 0 atom stereocenters. The number of likely N-dealkylation sites (tertiary alicyclic amines) is 1. The molecule has 0 aliphatic carbocycles.